The number of hydrogen-bond donors (Lipinski definition) is 1. The van der Waals surface area contributed by atoms with Gasteiger partial charge in [-0.3, -0.25) is 0 Å². The van der Waals surface area contributed by atoms with Crippen LogP contribution in [0.5, 0.6) is 0 Å². The van der Waals surface area contributed by atoms with Crippen molar-refractivity contribution in [2.75, 3.05) is 6.26 Å². The van der Waals surface area contributed by atoms with Crippen molar-refractivity contribution in [2.24, 2.45) is 0 Å². The van der Waals surface area contributed by atoms with Crippen molar-refractivity contribution < 1.29 is 18.3 Å². The second kappa shape index (κ2) is 3.93. The van der Waals surface area contributed by atoms with Crippen LogP contribution in [0.1, 0.15) is 28.5 Å². The molecule has 0 fully saturated rings. The van der Waals surface area contributed by atoms with Gasteiger partial charge in [0.25, 0.3) is 0 Å². The number of carboxylic acids is 1. The first-order valence-electron chi connectivity index (χ1n) is 4.07. The van der Waals surface area contributed by atoms with Crippen molar-refractivity contribution in [3.8, 4) is 0 Å². The Kier molecular flexibility index (Phi) is 3.04. The van der Waals surface area contributed by atoms with Gasteiger partial charge in [0.15, 0.2) is 15.5 Å². The minimum Gasteiger partial charge on any atom is -0.477 e. The van der Waals surface area contributed by atoms with E-state index in [1.54, 1.807) is 0 Å². The zero-order chi connectivity index (χ0) is 11.6. The Morgan fingerprint density at radius 3 is 2.60 bits per heavy atom. The van der Waals surface area contributed by atoms with E-state index < -0.39 is 21.1 Å². The molecule has 1 aromatic heterocycles. The summed E-state index contributed by atoms with van der Waals surface area (Å²) in [6.07, 6.45) is 2.28. The quantitative estimate of drug-likeness (QED) is 0.801. The molecule has 0 saturated carbocycles. The molecule has 82 valence electrons. The third-order valence-corrected chi connectivity index (χ3v) is 3.39. The molecule has 1 rings (SSSR count). The predicted molar refractivity (Wildman–Crippen MR) is 52.3 cm³/mol. The van der Waals surface area contributed by atoms with Gasteiger partial charge in [0, 0.05) is 12.5 Å². The number of carbonyl (C=O) groups is 1. The van der Waals surface area contributed by atoms with Crippen molar-refractivity contribution in [1.29, 1.82) is 0 Å². The van der Waals surface area contributed by atoms with E-state index in [1.165, 1.54) is 19.2 Å². The van der Waals surface area contributed by atoms with Crippen LogP contribution in [0.25, 0.3) is 0 Å². The van der Waals surface area contributed by atoms with E-state index in [9.17, 15) is 13.2 Å². The summed E-state index contributed by atoms with van der Waals surface area (Å²) in [6, 6.07) is 1.21. The van der Waals surface area contributed by atoms with Crippen molar-refractivity contribution >= 4 is 15.8 Å². The number of sulfone groups is 1. The number of aromatic carboxylic acids is 1. The Hall–Kier alpha value is -1.50. The average Bonchev–Trinajstić information content (AvgIpc) is 2.15. The van der Waals surface area contributed by atoms with Crippen LogP contribution in [0, 0.1) is 0 Å². The molecule has 0 aliphatic carbocycles. The second-order valence-corrected chi connectivity index (χ2v) is 5.44. The van der Waals surface area contributed by atoms with Crippen LogP contribution in [0.15, 0.2) is 12.3 Å². The Balaban J connectivity index is 3.17. The summed E-state index contributed by atoms with van der Waals surface area (Å²) in [7, 11) is -3.32. The Morgan fingerprint density at radius 2 is 2.13 bits per heavy atom. The first kappa shape index (κ1) is 11.6. The van der Waals surface area contributed by atoms with Gasteiger partial charge >= 0.3 is 5.97 Å². The fourth-order valence-corrected chi connectivity index (χ4v) is 1.38. The fraction of sp³-hybridized carbons (Fsp3) is 0.375. The van der Waals surface area contributed by atoms with E-state index in [1.807, 2.05) is 0 Å². The topological polar surface area (TPSA) is 97.2 Å². The van der Waals surface area contributed by atoms with E-state index in [2.05, 4.69) is 9.97 Å². The highest BCUT2D eigenvalue weighted by Gasteiger charge is 2.21. The third kappa shape index (κ3) is 2.72. The monoisotopic (exact) mass is 230 g/mol. The minimum atomic E-state index is -3.32. The lowest BCUT2D eigenvalue weighted by Gasteiger charge is -2.07. The average molecular weight is 230 g/mol. The maximum atomic E-state index is 11.2. The zero-order valence-electron chi connectivity index (χ0n) is 8.21. The van der Waals surface area contributed by atoms with E-state index >= 15 is 0 Å². The molecule has 0 bridgehead atoms. The summed E-state index contributed by atoms with van der Waals surface area (Å²) in [5, 5.41) is 7.75. The molecule has 7 heteroatoms. The van der Waals surface area contributed by atoms with Crippen LogP contribution in [-0.4, -0.2) is 35.7 Å². The number of rotatable bonds is 3. The highest BCUT2D eigenvalue weighted by Crippen LogP contribution is 2.16. The molecule has 0 aliphatic heterocycles. The van der Waals surface area contributed by atoms with Crippen molar-refractivity contribution in [1.82, 2.24) is 9.97 Å². The lowest BCUT2D eigenvalue weighted by Crippen LogP contribution is -2.13. The molecule has 1 unspecified atom stereocenters. The van der Waals surface area contributed by atoms with Gasteiger partial charge in [-0.25, -0.2) is 23.2 Å². The first-order chi connectivity index (χ1) is 6.82. The Labute approximate surface area is 86.9 Å². The molecule has 1 atom stereocenters. The van der Waals surface area contributed by atoms with E-state index in [0.717, 1.165) is 6.26 Å². The van der Waals surface area contributed by atoms with Crippen molar-refractivity contribution in [2.45, 2.75) is 12.2 Å². The number of nitrogens with zero attached hydrogens (tertiary/aromatic N) is 2. The van der Waals surface area contributed by atoms with Crippen LogP contribution in [0.2, 0.25) is 0 Å². The van der Waals surface area contributed by atoms with E-state index in [0.29, 0.717) is 0 Å². The molecule has 0 aromatic carbocycles. The van der Waals surface area contributed by atoms with Crippen LogP contribution in [0.4, 0.5) is 0 Å². The standard InChI is InChI=1S/C8H10N2O4S/c1-5(15(2,13)14)7-9-4-3-6(10-7)8(11)12/h3-5H,1-2H3,(H,11,12). The van der Waals surface area contributed by atoms with Gasteiger partial charge in [0.2, 0.25) is 0 Å². The third-order valence-electron chi connectivity index (χ3n) is 1.90. The molecule has 0 spiro atoms. The first-order valence-corrected chi connectivity index (χ1v) is 6.03. The summed E-state index contributed by atoms with van der Waals surface area (Å²) in [6.45, 7) is 1.41. The number of aromatic nitrogens is 2. The molecule has 1 N–H and O–H groups in total. The van der Waals surface area contributed by atoms with Gasteiger partial charge in [-0.2, -0.15) is 0 Å². The summed E-state index contributed by atoms with van der Waals surface area (Å²) in [5.74, 6) is -1.21. The van der Waals surface area contributed by atoms with Crippen LogP contribution in [0.3, 0.4) is 0 Å². The molecule has 15 heavy (non-hydrogen) atoms. The van der Waals surface area contributed by atoms with Gasteiger partial charge in [-0.15, -0.1) is 0 Å². The highest BCUT2D eigenvalue weighted by atomic mass is 32.2. The van der Waals surface area contributed by atoms with Crippen LogP contribution < -0.4 is 0 Å². The molecule has 0 saturated heterocycles. The maximum absolute atomic E-state index is 11.2. The van der Waals surface area contributed by atoms with Crippen LogP contribution in [-0.2, 0) is 9.84 Å². The lowest BCUT2D eigenvalue weighted by atomic mass is 10.3. The molecular formula is C8H10N2O4S. The summed E-state index contributed by atoms with van der Waals surface area (Å²) < 4.78 is 22.4. The molecule has 1 aromatic rings. The molecule has 0 aliphatic rings. The molecule has 1 heterocycles. The maximum Gasteiger partial charge on any atom is 0.354 e. The lowest BCUT2D eigenvalue weighted by molar-refractivity contribution is 0.0690. The fourth-order valence-electron chi connectivity index (χ4n) is 0.880. The summed E-state index contributed by atoms with van der Waals surface area (Å²) >= 11 is 0. The van der Waals surface area contributed by atoms with Crippen LogP contribution >= 0.6 is 0 Å². The van der Waals surface area contributed by atoms with Gasteiger partial charge in [-0.1, -0.05) is 0 Å². The van der Waals surface area contributed by atoms with E-state index in [4.69, 9.17) is 5.11 Å². The van der Waals surface area contributed by atoms with Gasteiger partial charge in [0.1, 0.15) is 11.1 Å². The Bertz CT molecular complexity index is 483. The minimum absolute atomic E-state index is 0.00241. The SMILES string of the molecule is CC(c1nccc(C(=O)O)n1)S(C)(=O)=O. The zero-order valence-corrected chi connectivity index (χ0v) is 9.02. The van der Waals surface area contributed by atoms with Gasteiger partial charge in [-0.05, 0) is 13.0 Å². The summed E-state index contributed by atoms with van der Waals surface area (Å²) in [5.41, 5.74) is -0.212. The van der Waals surface area contributed by atoms with Gasteiger partial charge < -0.3 is 5.11 Å². The van der Waals surface area contributed by atoms with E-state index in [-0.39, 0.29) is 11.5 Å². The molecule has 0 radical (unpaired) electrons. The van der Waals surface area contributed by atoms with Crippen molar-refractivity contribution in [3.63, 3.8) is 0 Å². The predicted octanol–water partition coefficient (Wildman–Crippen LogP) is 0.280. The molecular weight excluding hydrogens is 220 g/mol. The van der Waals surface area contributed by atoms with Crippen molar-refractivity contribution in [3.05, 3.63) is 23.8 Å². The highest BCUT2D eigenvalue weighted by molar-refractivity contribution is 7.90. The molecule has 0 amide bonds. The Morgan fingerprint density at radius 1 is 1.53 bits per heavy atom. The summed E-state index contributed by atoms with van der Waals surface area (Å²) in [4.78, 5) is 18.0. The normalized spacial score (nSPS) is 13.5. The smallest absolute Gasteiger partial charge is 0.354 e. The van der Waals surface area contributed by atoms with Gasteiger partial charge in [0.05, 0.1) is 0 Å². The largest absolute Gasteiger partial charge is 0.477 e. The number of hydrogen-bond acceptors (Lipinski definition) is 5. The number of carboxylic acid groups (broad SMARTS) is 1. The molecule has 6 nitrogen and oxygen atoms in total. The second-order valence-electron chi connectivity index (χ2n) is 3.08.